The van der Waals surface area contributed by atoms with Gasteiger partial charge in [-0.15, -0.1) is 0 Å². The van der Waals surface area contributed by atoms with E-state index in [0.717, 1.165) is 6.42 Å². The maximum absolute atomic E-state index is 13.1. The summed E-state index contributed by atoms with van der Waals surface area (Å²) >= 11 is 0. The second kappa shape index (κ2) is 12.5. The summed E-state index contributed by atoms with van der Waals surface area (Å²) < 4.78 is 0. The van der Waals surface area contributed by atoms with Crippen LogP contribution >= 0.6 is 0 Å². The van der Waals surface area contributed by atoms with Crippen molar-refractivity contribution in [3.05, 3.63) is 29.8 Å². The maximum Gasteiger partial charge on any atom is 0.328 e. The Kier molecular flexibility index (Phi) is 9.76. The van der Waals surface area contributed by atoms with Crippen LogP contribution in [-0.2, 0) is 30.4 Å². The zero-order chi connectivity index (χ0) is 25.3. The van der Waals surface area contributed by atoms with Crippen molar-refractivity contribution in [1.29, 1.82) is 0 Å². The molecule has 1 aromatic carbocycles. The molecule has 4 unspecified atom stereocenters. The first-order valence-electron chi connectivity index (χ1n) is 10.6. The van der Waals surface area contributed by atoms with Crippen LogP contribution in [0, 0.1) is 0 Å². The normalized spacial score (nSPS) is 17.7. The Hall–Kier alpha value is -3.71. The summed E-state index contributed by atoms with van der Waals surface area (Å²) in [6, 6.07) is 1.10. The number of hydrogen-bond donors (Lipinski definition) is 8. The van der Waals surface area contributed by atoms with E-state index in [0.29, 0.717) is 18.5 Å². The molecule has 0 spiro atoms. The zero-order valence-corrected chi connectivity index (χ0v) is 18.3. The van der Waals surface area contributed by atoms with E-state index in [1.807, 2.05) is 5.32 Å². The lowest BCUT2D eigenvalue weighted by Crippen LogP contribution is -2.58. The van der Waals surface area contributed by atoms with Crippen molar-refractivity contribution in [3.63, 3.8) is 0 Å². The highest BCUT2D eigenvalue weighted by atomic mass is 16.4. The molecule has 1 aromatic rings. The predicted octanol–water partition coefficient (Wildman–Crippen LogP) is -2.91. The van der Waals surface area contributed by atoms with Gasteiger partial charge in [-0.1, -0.05) is 12.1 Å². The summed E-state index contributed by atoms with van der Waals surface area (Å²) in [7, 11) is 0. The van der Waals surface area contributed by atoms with Crippen molar-refractivity contribution in [3.8, 4) is 5.75 Å². The SMILES string of the molecule is NC(=O)CC(NC(=O)C(Cc1ccc(O)cc1)NC(=O)C1CCCN1)C(=O)NC(CO)C(=O)O. The number of carboxylic acid groups (broad SMARTS) is 1. The number of carbonyl (C=O) groups excluding carboxylic acids is 4. The van der Waals surface area contributed by atoms with Gasteiger partial charge in [0.2, 0.25) is 23.6 Å². The van der Waals surface area contributed by atoms with E-state index in [-0.39, 0.29) is 12.2 Å². The minimum atomic E-state index is -1.65. The first kappa shape index (κ1) is 26.5. The number of aliphatic hydroxyl groups excluding tert-OH is 1. The number of phenolic OH excluding ortho intramolecular Hbond substituents is 1. The first-order valence-corrected chi connectivity index (χ1v) is 10.6. The number of carbonyl (C=O) groups is 5. The average Bonchev–Trinajstić information content (AvgIpc) is 3.32. The number of nitrogens with two attached hydrogens (primary N) is 1. The Balaban J connectivity index is 2.19. The van der Waals surface area contributed by atoms with E-state index >= 15 is 0 Å². The molecule has 0 saturated carbocycles. The third-order valence-corrected chi connectivity index (χ3v) is 5.22. The fourth-order valence-corrected chi connectivity index (χ4v) is 3.40. The topological polar surface area (TPSA) is 220 Å². The van der Waals surface area contributed by atoms with Gasteiger partial charge in [-0.2, -0.15) is 0 Å². The Morgan fingerprint density at radius 2 is 1.62 bits per heavy atom. The molecule has 4 amide bonds. The molecule has 4 atom stereocenters. The van der Waals surface area contributed by atoms with Crippen LogP contribution in [0.2, 0.25) is 0 Å². The van der Waals surface area contributed by atoms with Gasteiger partial charge in [0.25, 0.3) is 0 Å². The van der Waals surface area contributed by atoms with Gasteiger partial charge in [0, 0.05) is 6.42 Å². The third kappa shape index (κ3) is 8.01. The number of aromatic hydroxyl groups is 1. The highest BCUT2D eigenvalue weighted by Gasteiger charge is 2.32. The summed E-state index contributed by atoms with van der Waals surface area (Å²) in [5.74, 6) is -4.71. The van der Waals surface area contributed by atoms with E-state index in [4.69, 9.17) is 15.9 Å². The number of phenols is 1. The number of nitrogens with one attached hydrogen (secondary N) is 4. The van der Waals surface area contributed by atoms with E-state index in [2.05, 4.69) is 16.0 Å². The van der Waals surface area contributed by atoms with Crippen LogP contribution < -0.4 is 27.0 Å². The van der Waals surface area contributed by atoms with Gasteiger partial charge in [-0.3, -0.25) is 19.2 Å². The Morgan fingerprint density at radius 3 is 2.15 bits per heavy atom. The molecule has 34 heavy (non-hydrogen) atoms. The molecule has 1 saturated heterocycles. The van der Waals surface area contributed by atoms with Crippen molar-refractivity contribution in [2.45, 2.75) is 49.9 Å². The highest BCUT2D eigenvalue weighted by Crippen LogP contribution is 2.13. The number of aliphatic hydroxyl groups is 1. The minimum absolute atomic E-state index is 0.00384. The molecular formula is C21H29N5O8. The molecule has 0 radical (unpaired) electrons. The van der Waals surface area contributed by atoms with Crippen LogP contribution in [0.25, 0.3) is 0 Å². The van der Waals surface area contributed by atoms with E-state index in [9.17, 15) is 29.1 Å². The Bertz CT molecular complexity index is 901. The predicted molar refractivity (Wildman–Crippen MR) is 117 cm³/mol. The number of primary amides is 1. The van der Waals surface area contributed by atoms with Gasteiger partial charge in [0.15, 0.2) is 0 Å². The van der Waals surface area contributed by atoms with Crippen molar-refractivity contribution < 1.29 is 39.3 Å². The summed E-state index contributed by atoms with van der Waals surface area (Å²) in [6.07, 6.45) is 0.746. The standard InChI is InChI=1S/C21H29N5O8/c22-17(29)9-15(20(32)26-16(10-27)21(33)34)25-19(31)14(8-11-3-5-12(28)6-4-11)24-18(30)13-2-1-7-23-13/h3-6,13-16,23,27-28H,1-2,7-10H2,(H2,22,29)(H,24,30)(H,25,31)(H,26,32)(H,33,34). The molecule has 13 heteroatoms. The van der Waals surface area contributed by atoms with Crippen LogP contribution in [0.1, 0.15) is 24.8 Å². The van der Waals surface area contributed by atoms with Crippen LogP contribution in [0.5, 0.6) is 5.75 Å². The molecule has 2 rings (SSSR count). The van der Waals surface area contributed by atoms with Gasteiger partial charge in [-0.25, -0.2) is 4.79 Å². The zero-order valence-electron chi connectivity index (χ0n) is 18.3. The molecule has 186 valence electrons. The van der Waals surface area contributed by atoms with Gasteiger partial charge >= 0.3 is 5.97 Å². The average molecular weight is 479 g/mol. The molecule has 1 aliphatic heterocycles. The summed E-state index contributed by atoms with van der Waals surface area (Å²) in [4.78, 5) is 60.7. The monoisotopic (exact) mass is 479 g/mol. The number of rotatable bonds is 12. The molecule has 1 heterocycles. The second-order valence-electron chi connectivity index (χ2n) is 7.89. The lowest BCUT2D eigenvalue weighted by atomic mass is 10.0. The van der Waals surface area contributed by atoms with Crippen molar-refractivity contribution in [1.82, 2.24) is 21.3 Å². The van der Waals surface area contributed by atoms with Crippen LogP contribution in [-0.4, -0.2) is 82.2 Å². The largest absolute Gasteiger partial charge is 0.508 e. The highest BCUT2D eigenvalue weighted by molar-refractivity contribution is 5.96. The van der Waals surface area contributed by atoms with Gasteiger partial charge in [-0.05, 0) is 37.1 Å². The molecule has 0 aromatic heterocycles. The van der Waals surface area contributed by atoms with Crippen LogP contribution in [0.15, 0.2) is 24.3 Å². The molecule has 9 N–H and O–H groups in total. The van der Waals surface area contributed by atoms with Crippen molar-refractivity contribution in [2.24, 2.45) is 5.73 Å². The molecule has 13 nitrogen and oxygen atoms in total. The van der Waals surface area contributed by atoms with Crippen LogP contribution in [0.4, 0.5) is 0 Å². The molecule has 1 aliphatic rings. The molecule has 1 fully saturated rings. The first-order chi connectivity index (χ1) is 16.1. The number of amides is 4. The van der Waals surface area contributed by atoms with Crippen molar-refractivity contribution >= 4 is 29.6 Å². The number of hydrogen-bond acceptors (Lipinski definition) is 8. The van der Waals surface area contributed by atoms with Gasteiger partial charge in [0.1, 0.15) is 23.9 Å². The van der Waals surface area contributed by atoms with E-state index in [1.54, 1.807) is 12.1 Å². The Labute approximate surface area is 195 Å². The molecule has 0 aliphatic carbocycles. The lowest BCUT2D eigenvalue weighted by molar-refractivity contribution is -0.143. The van der Waals surface area contributed by atoms with Gasteiger partial charge < -0.3 is 42.3 Å². The van der Waals surface area contributed by atoms with E-state index < -0.39 is 66.8 Å². The third-order valence-electron chi connectivity index (χ3n) is 5.22. The fraction of sp³-hybridized carbons (Fsp3) is 0.476. The molecular weight excluding hydrogens is 450 g/mol. The lowest BCUT2D eigenvalue weighted by Gasteiger charge is -2.24. The quantitative estimate of drug-likeness (QED) is 0.154. The Morgan fingerprint density at radius 1 is 1.00 bits per heavy atom. The summed E-state index contributed by atoms with van der Waals surface area (Å²) in [5.41, 5.74) is 5.77. The maximum atomic E-state index is 13.1. The number of carboxylic acids is 1. The number of aliphatic carboxylic acids is 1. The number of benzene rings is 1. The smallest absolute Gasteiger partial charge is 0.328 e. The molecule has 0 bridgehead atoms. The van der Waals surface area contributed by atoms with E-state index in [1.165, 1.54) is 12.1 Å². The minimum Gasteiger partial charge on any atom is -0.508 e. The van der Waals surface area contributed by atoms with Crippen LogP contribution in [0.3, 0.4) is 0 Å². The fourth-order valence-electron chi connectivity index (χ4n) is 3.40. The van der Waals surface area contributed by atoms with Crippen molar-refractivity contribution in [2.75, 3.05) is 13.2 Å². The second-order valence-corrected chi connectivity index (χ2v) is 7.89. The van der Waals surface area contributed by atoms with Gasteiger partial charge in [0.05, 0.1) is 19.1 Å². The summed E-state index contributed by atoms with van der Waals surface area (Å²) in [5, 5.41) is 37.6. The summed E-state index contributed by atoms with van der Waals surface area (Å²) in [6.45, 7) is -0.254.